The van der Waals surface area contributed by atoms with E-state index in [1.165, 1.54) is 24.3 Å². The summed E-state index contributed by atoms with van der Waals surface area (Å²) in [5, 5.41) is 6.52. The minimum atomic E-state index is -4.40. The van der Waals surface area contributed by atoms with Crippen molar-refractivity contribution in [2.24, 2.45) is 0 Å². The van der Waals surface area contributed by atoms with Gasteiger partial charge in [0.25, 0.3) is 0 Å². The molecule has 0 aliphatic rings. The maximum absolute atomic E-state index is 10.9. The fourth-order valence-electron chi connectivity index (χ4n) is 2.54. The standard InChI is InChI=1S/C18H24N2O6S2.2Na/c21-27(22,23)17-5-1-15(2-6-17)9-11-19-13-14-20-12-10-16-3-7-18(8-4-16)28(24,25)26;;/h1-8,19-20H,9-14H2,(H,21,22,23)(H,24,25,26);;/q;2*+1/p-2. The molecule has 0 aliphatic heterocycles. The molecule has 0 saturated heterocycles. The van der Waals surface area contributed by atoms with Crippen LogP contribution in [-0.2, 0) is 33.1 Å². The molecule has 0 heterocycles. The van der Waals surface area contributed by atoms with Crippen LogP contribution < -0.4 is 69.7 Å². The summed E-state index contributed by atoms with van der Waals surface area (Å²) in [6.07, 6.45) is 1.43. The Balaban J connectivity index is 0.00000420. The Morgan fingerprint density at radius 1 is 0.567 bits per heavy atom. The zero-order chi connectivity index (χ0) is 20.6. The van der Waals surface area contributed by atoms with Gasteiger partial charge in [-0.05, 0) is 61.3 Å². The molecule has 2 rings (SSSR count). The van der Waals surface area contributed by atoms with Crippen molar-refractivity contribution in [2.75, 3.05) is 26.2 Å². The number of hydrogen-bond acceptors (Lipinski definition) is 8. The van der Waals surface area contributed by atoms with E-state index in [1.54, 1.807) is 24.3 Å². The Labute approximate surface area is 222 Å². The second-order valence-corrected chi connectivity index (χ2v) is 8.96. The summed E-state index contributed by atoms with van der Waals surface area (Å²) in [7, 11) is -8.80. The van der Waals surface area contributed by atoms with Crippen LogP contribution in [0.1, 0.15) is 11.1 Å². The zero-order valence-corrected chi connectivity index (χ0v) is 22.8. The third-order valence-electron chi connectivity index (χ3n) is 4.08. The molecule has 2 aromatic rings. The third-order valence-corrected chi connectivity index (χ3v) is 5.78. The Bertz CT molecular complexity index is 885. The van der Waals surface area contributed by atoms with Crippen molar-refractivity contribution in [3.05, 3.63) is 59.7 Å². The fraction of sp³-hybridized carbons (Fsp3) is 0.333. The topological polar surface area (TPSA) is 138 Å². The number of rotatable bonds is 11. The molecule has 0 aromatic heterocycles. The Morgan fingerprint density at radius 2 is 0.867 bits per heavy atom. The van der Waals surface area contributed by atoms with E-state index in [4.69, 9.17) is 0 Å². The SMILES string of the molecule is O=S(=O)([O-])c1ccc(CCNCCNCCc2ccc(S(=O)(=O)[O-])cc2)cc1.[Na+].[Na+]. The minimum absolute atomic E-state index is 0. The molecule has 0 aliphatic carbocycles. The molecule has 2 aromatic carbocycles. The van der Waals surface area contributed by atoms with Gasteiger partial charge in [0.05, 0.1) is 9.79 Å². The van der Waals surface area contributed by atoms with E-state index in [9.17, 15) is 25.9 Å². The molecule has 0 atom stereocenters. The van der Waals surface area contributed by atoms with E-state index in [2.05, 4.69) is 10.6 Å². The second kappa shape index (κ2) is 14.4. The first kappa shape index (κ1) is 30.2. The van der Waals surface area contributed by atoms with E-state index in [0.29, 0.717) is 12.8 Å². The van der Waals surface area contributed by atoms with Gasteiger partial charge >= 0.3 is 59.1 Å². The van der Waals surface area contributed by atoms with Gasteiger partial charge in [-0.25, -0.2) is 16.8 Å². The van der Waals surface area contributed by atoms with Crippen LogP contribution in [0.25, 0.3) is 0 Å². The van der Waals surface area contributed by atoms with Crippen LogP contribution in [0.3, 0.4) is 0 Å². The zero-order valence-electron chi connectivity index (χ0n) is 17.1. The first-order valence-electron chi connectivity index (χ1n) is 8.67. The van der Waals surface area contributed by atoms with Crippen LogP contribution in [-0.4, -0.2) is 52.1 Å². The summed E-state index contributed by atoms with van der Waals surface area (Å²) < 4.78 is 65.2. The molecule has 0 fully saturated rings. The van der Waals surface area contributed by atoms with Crippen LogP contribution in [0, 0.1) is 0 Å². The summed E-state index contributed by atoms with van der Waals surface area (Å²) in [4.78, 5) is -0.449. The summed E-state index contributed by atoms with van der Waals surface area (Å²) in [6.45, 7) is 2.94. The first-order valence-corrected chi connectivity index (χ1v) is 11.5. The first-order chi connectivity index (χ1) is 13.2. The van der Waals surface area contributed by atoms with Gasteiger partial charge in [0.15, 0.2) is 0 Å². The molecule has 0 spiro atoms. The normalized spacial score (nSPS) is 11.4. The van der Waals surface area contributed by atoms with Crippen LogP contribution in [0.5, 0.6) is 0 Å². The van der Waals surface area contributed by atoms with E-state index in [0.717, 1.165) is 37.3 Å². The third kappa shape index (κ3) is 11.2. The summed E-state index contributed by atoms with van der Waals surface area (Å²) in [5.41, 5.74) is 1.88. The van der Waals surface area contributed by atoms with Crippen molar-refractivity contribution in [2.45, 2.75) is 22.6 Å². The van der Waals surface area contributed by atoms with Gasteiger partial charge in [0.2, 0.25) is 0 Å². The Morgan fingerprint density at radius 3 is 1.13 bits per heavy atom. The Kier molecular flexibility index (Phi) is 14.4. The van der Waals surface area contributed by atoms with Crippen LogP contribution >= 0.6 is 0 Å². The van der Waals surface area contributed by atoms with Gasteiger partial charge in [-0.2, -0.15) is 0 Å². The number of hydrogen-bond donors (Lipinski definition) is 2. The maximum atomic E-state index is 10.9. The average molecular weight is 472 g/mol. The minimum Gasteiger partial charge on any atom is -0.744 e. The van der Waals surface area contributed by atoms with E-state index >= 15 is 0 Å². The van der Waals surface area contributed by atoms with E-state index < -0.39 is 20.2 Å². The predicted octanol–water partition coefficient (Wildman–Crippen LogP) is -5.53. The molecular formula is C18H22N2Na2O6S2. The van der Waals surface area contributed by atoms with E-state index in [1.807, 2.05) is 0 Å². The quantitative estimate of drug-likeness (QED) is 0.188. The molecule has 0 amide bonds. The molecule has 0 bridgehead atoms. The van der Waals surface area contributed by atoms with Crippen LogP contribution in [0.2, 0.25) is 0 Å². The fourth-order valence-corrected chi connectivity index (χ4v) is 3.48. The summed E-state index contributed by atoms with van der Waals surface area (Å²) in [5.74, 6) is 0. The van der Waals surface area contributed by atoms with Gasteiger partial charge in [0.1, 0.15) is 20.2 Å². The van der Waals surface area contributed by atoms with Crippen molar-refractivity contribution in [1.29, 1.82) is 0 Å². The van der Waals surface area contributed by atoms with Crippen LogP contribution in [0.4, 0.5) is 0 Å². The molecule has 30 heavy (non-hydrogen) atoms. The average Bonchev–Trinajstić information content (AvgIpc) is 2.63. The van der Waals surface area contributed by atoms with Gasteiger partial charge in [-0.15, -0.1) is 0 Å². The second-order valence-electron chi connectivity index (χ2n) is 6.20. The van der Waals surface area contributed by atoms with Crippen molar-refractivity contribution >= 4 is 20.2 Å². The molecule has 8 nitrogen and oxygen atoms in total. The number of benzene rings is 2. The van der Waals surface area contributed by atoms with Crippen molar-refractivity contribution < 1.29 is 85.1 Å². The smallest absolute Gasteiger partial charge is 0.744 e. The monoisotopic (exact) mass is 472 g/mol. The molecule has 0 unspecified atom stereocenters. The molecule has 2 N–H and O–H groups in total. The molecule has 12 heteroatoms. The Hall–Kier alpha value is 0.180. The van der Waals surface area contributed by atoms with Gasteiger partial charge in [0, 0.05) is 13.1 Å². The molecule has 154 valence electrons. The van der Waals surface area contributed by atoms with Crippen molar-refractivity contribution in [3.8, 4) is 0 Å². The van der Waals surface area contributed by atoms with Gasteiger partial charge in [-0.3, -0.25) is 0 Å². The summed E-state index contributed by atoms with van der Waals surface area (Å²) in [6, 6.07) is 11.8. The molecule has 0 radical (unpaired) electrons. The predicted molar refractivity (Wildman–Crippen MR) is 102 cm³/mol. The van der Waals surface area contributed by atoms with E-state index in [-0.39, 0.29) is 68.9 Å². The van der Waals surface area contributed by atoms with Crippen molar-refractivity contribution in [3.63, 3.8) is 0 Å². The maximum Gasteiger partial charge on any atom is 1.00 e. The largest absolute Gasteiger partial charge is 1.00 e. The summed E-state index contributed by atoms with van der Waals surface area (Å²) >= 11 is 0. The van der Waals surface area contributed by atoms with Gasteiger partial charge < -0.3 is 19.7 Å². The van der Waals surface area contributed by atoms with Crippen LogP contribution in [0.15, 0.2) is 58.3 Å². The van der Waals surface area contributed by atoms with Crippen molar-refractivity contribution in [1.82, 2.24) is 10.6 Å². The molecular weight excluding hydrogens is 450 g/mol. The molecule has 0 saturated carbocycles. The number of nitrogens with one attached hydrogen (secondary N) is 2. The van der Waals surface area contributed by atoms with Gasteiger partial charge in [-0.1, -0.05) is 24.3 Å².